The van der Waals surface area contributed by atoms with Crippen molar-refractivity contribution in [3.8, 4) is 0 Å². The van der Waals surface area contributed by atoms with Crippen molar-refractivity contribution in [2.24, 2.45) is 16.8 Å². The molecule has 1 aromatic rings. The van der Waals surface area contributed by atoms with Gasteiger partial charge in [-0.05, 0) is 46.6 Å². The maximum Gasteiger partial charge on any atom is 0.336 e. The Kier molecular flexibility index (Phi) is 6.72. The van der Waals surface area contributed by atoms with Gasteiger partial charge in [0.1, 0.15) is 5.92 Å². The van der Waals surface area contributed by atoms with Crippen LogP contribution in [0.25, 0.3) is 0 Å². The molecule has 0 radical (unpaired) electrons. The fourth-order valence-corrected chi connectivity index (χ4v) is 3.39. The first-order valence-corrected chi connectivity index (χ1v) is 9.04. The van der Waals surface area contributed by atoms with Gasteiger partial charge in [0.05, 0.1) is 18.8 Å². The summed E-state index contributed by atoms with van der Waals surface area (Å²) in [6.07, 6.45) is 0.544. The summed E-state index contributed by atoms with van der Waals surface area (Å²) in [6, 6.07) is 8.10. The zero-order chi connectivity index (χ0) is 19.3. The molecule has 1 aliphatic heterocycles. The number of aryl methyl sites for hydroxylation is 1. The smallest absolute Gasteiger partial charge is 0.336 e. The van der Waals surface area contributed by atoms with Crippen LogP contribution in [0.2, 0.25) is 0 Å². The van der Waals surface area contributed by atoms with E-state index in [1.54, 1.807) is 20.8 Å². The van der Waals surface area contributed by atoms with Gasteiger partial charge in [-0.2, -0.15) is 0 Å². The average Bonchev–Trinajstić information content (AvgIpc) is 2.57. The van der Waals surface area contributed by atoms with E-state index in [1.807, 2.05) is 38.1 Å². The second kappa shape index (κ2) is 8.79. The van der Waals surface area contributed by atoms with E-state index in [0.717, 1.165) is 11.1 Å². The molecule has 0 N–H and O–H groups in total. The van der Waals surface area contributed by atoms with E-state index in [1.165, 1.54) is 0 Å². The molecule has 0 aliphatic carbocycles. The van der Waals surface area contributed by atoms with Crippen LogP contribution in [0.15, 0.2) is 40.5 Å². The summed E-state index contributed by atoms with van der Waals surface area (Å²) in [5.41, 5.74) is 3.97. The SMILES string of the molecule is CCOC(=O)C1=C(C)N=C(C)C(C(=O)OCC)C1Cc1ccc(C)cc1. The van der Waals surface area contributed by atoms with Crippen molar-refractivity contribution in [2.75, 3.05) is 13.2 Å². The lowest BCUT2D eigenvalue weighted by Crippen LogP contribution is -2.39. The van der Waals surface area contributed by atoms with E-state index in [0.29, 0.717) is 23.4 Å². The van der Waals surface area contributed by atoms with Gasteiger partial charge in [-0.3, -0.25) is 9.79 Å². The van der Waals surface area contributed by atoms with Gasteiger partial charge in [0, 0.05) is 17.3 Å². The third kappa shape index (κ3) is 4.40. The minimum absolute atomic E-state index is 0.277. The van der Waals surface area contributed by atoms with Gasteiger partial charge in [-0.1, -0.05) is 29.8 Å². The largest absolute Gasteiger partial charge is 0.465 e. The molecule has 0 spiro atoms. The second-order valence-electron chi connectivity index (χ2n) is 6.50. The Morgan fingerprint density at radius 3 is 2.19 bits per heavy atom. The predicted octanol–water partition coefficient (Wildman–Crippen LogP) is 3.64. The second-order valence-corrected chi connectivity index (χ2v) is 6.50. The highest BCUT2D eigenvalue weighted by Crippen LogP contribution is 2.35. The highest BCUT2D eigenvalue weighted by Gasteiger charge is 2.41. The lowest BCUT2D eigenvalue weighted by Gasteiger charge is -2.31. The van der Waals surface area contributed by atoms with Gasteiger partial charge in [0.25, 0.3) is 0 Å². The summed E-state index contributed by atoms with van der Waals surface area (Å²) in [5, 5.41) is 0. The van der Waals surface area contributed by atoms with Gasteiger partial charge in [0.2, 0.25) is 0 Å². The Morgan fingerprint density at radius 2 is 1.62 bits per heavy atom. The maximum absolute atomic E-state index is 12.6. The predicted molar refractivity (Wildman–Crippen MR) is 101 cm³/mol. The molecule has 1 aromatic carbocycles. The van der Waals surface area contributed by atoms with Crippen LogP contribution in [0.5, 0.6) is 0 Å². The normalized spacial score (nSPS) is 19.8. The number of ether oxygens (including phenoxy) is 2. The van der Waals surface area contributed by atoms with Crippen molar-refractivity contribution >= 4 is 17.7 Å². The van der Waals surface area contributed by atoms with E-state index < -0.39 is 11.9 Å². The third-order valence-electron chi connectivity index (χ3n) is 4.57. The summed E-state index contributed by atoms with van der Waals surface area (Å²) in [5.74, 6) is -1.69. The Morgan fingerprint density at radius 1 is 1.00 bits per heavy atom. The minimum atomic E-state index is -0.584. The van der Waals surface area contributed by atoms with Crippen LogP contribution in [0.1, 0.15) is 38.8 Å². The Labute approximate surface area is 155 Å². The van der Waals surface area contributed by atoms with Crippen molar-refractivity contribution < 1.29 is 19.1 Å². The topological polar surface area (TPSA) is 65.0 Å². The maximum atomic E-state index is 12.6. The van der Waals surface area contributed by atoms with Crippen molar-refractivity contribution in [3.63, 3.8) is 0 Å². The van der Waals surface area contributed by atoms with Gasteiger partial charge >= 0.3 is 11.9 Å². The molecular weight excluding hydrogens is 330 g/mol. The van der Waals surface area contributed by atoms with Crippen LogP contribution in [0.3, 0.4) is 0 Å². The number of carbonyl (C=O) groups excluding carboxylic acids is 2. The molecule has 140 valence electrons. The lowest BCUT2D eigenvalue weighted by molar-refractivity contribution is -0.147. The summed E-state index contributed by atoms with van der Waals surface area (Å²) < 4.78 is 10.5. The van der Waals surface area contributed by atoms with E-state index in [9.17, 15) is 9.59 Å². The molecule has 0 bridgehead atoms. The molecule has 2 unspecified atom stereocenters. The number of hydrogen-bond acceptors (Lipinski definition) is 5. The molecule has 5 nitrogen and oxygen atoms in total. The van der Waals surface area contributed by atoms with E-state index >= 15 is 0 Å². The standard InChI is InChI=1S/C21H27NO4/c1-6-25-20(23)18-14(4)22-15(5)19(21(24)26-7-2)17(18)12-16-10-8-13(3)9-11-16/h8-11,17-18H,6-7,12H2,1-5H3. The van der Waals surface area contributed by atoms with Crippen molar-refractivity contribution in [1.82, 2.24) is 0 Å². The first-order chi connectivity index (χ1) is 12.4. The Balaban J connectivity index is 2.47. The van der Waals surface area contributed by atoms with Crippen LogP contribution < -0.4 is 0 Å². The van der Waals surface area contributed by atoms with Crippen LogP contribution in [-0.4, -0.2) is 30.9 Å². The molecule has 1 aliphatic rings. The number of benzene rings is 1. The fraction of sp³-hybridized carbons (Fsp3) is 0.476. The molecule has 0 fully saturated rings. The summed E-state index contributed by atoms with van der Waals surface area (Å²) >= 11 is 0. The zero-order valence-electron chi connectivity index (χ0n) is 16.2. The van der Waals surface area contributed by atoms with Crippen LogP contribution in [0, 0.1) is 18.8 Å². The number of allylic oxidation sites excluding steroid dienone is 1. The van der Waals surface area contributed by atoms with Crippen LogP contribution in [0.4, 0.5) is 0 Å². The van der Waals surface area contributed by atoms with Gasteiger partial charge in [0.15, 0.2) is 0 Å². The molecule has 5 heteroatoms. The van der Waals surface area contributed by atoms with E-state index in [4.69, 9.17) is 9.47 Å². The van der Waals surface area contributed by atoms with Gasteiger partial charge in [-0.25, -0.2) is 4.79 Å². The molecule has 0 saturated heterocycles. The fourth-order valence-electron chi connectivity index (χ4n) is 3.39. The number of rotatable bonds is 6. The number of nitrogens with zero attached hydrogens (tertiary/aromatic N) is 1. The van der Waals surface area contributed by atoms with E-state index in [-0.39, 0.29) is 25.1 Å². The molecule has 2 rings (SSSR count). The van der Waals surface area contributed by atoms with Crippen LogP contribution in [-0.2, 0) is 25.5 Å². The highest BCUT2D eigenvalue weighted by molar-refractivity contribution is 6.05. The summed E-state index contributed by atoms with van der Waals surface area (Å²) in [4.78, 5) is 29.7. The summed E-state index contributed by atoms with van der Waals surface area (Å²) in [6.45, 7) is 9.74. The molecule has 0 amide bonds. The number of hydrogen-bond donors (Lipinski definition) is 0. The van der Waals surface area contributed by atoms with Crippen molar-refractivity contribution in [3.05, 3.63) is 46.7 Å². The minimum Gasteiger partial charge on any atom is -0.465 e. The first kappa shape index (κ1) is 19.9. The average molecular weight is 357 g/mol. The number of carbonyl (C=O) groups is 2. The Bertz CT molecular complexity index is 731. The molecule has 0 aromatic heterocycles. The first-order valence-electron chi connectivity index (χ1n) is 9.04. The number of esters is 2. The quantitative estimate of drug-likeness (QED) is 0.729. The molecule has 26 heavy (non-hydrogen) atoms. The van der Waals surface area contributed by atoms with Gasteiger partial charge < -0.3 is 9.47 Å². The van der Waals surface area contributed by atoms with E-state index in [2.05, 4.69) is 4.99 Å². The molecule has 0 saturated carbocycles. The lowest BCUT2D eigenvalue weighted by atomic mass is 9.76. The monoisotopic (exact) mass is 357 g/mol. The molecule has 2 atom stereocenters. The molecule has 1 heterocycles. The Hall–Kier alpha value is -2.43. The zero-order valence-corrected chi connectivity index (χ0v) is 16.2. The van der Waals surface area contributed by atoms with Crippen LogP contribution >= 0.6 is 0 Å². The highest BCUT2D eigenvalue weighted by atomic mass is 16.5. The van der Waals surface area contributed by atoms with Crippen molar-refractivity contribution in [2.45, 2.75) is 41.0 Å². The van der Waals surface area contributed by atoms with Gasteiger partial charge in [-0.15, -0.1) is 0 Å². The summed E-state index contributed by atoms with van der Waals surface area (Å²) in [7, 11) is 0. The molecular formula is C21H27NO4. The third-order valence-corrected chi connectivity index (χ3v) is 4.57. The van der Waals surface area contributed by atoms with Crippen molar-refractivity contribution in [1.29, 1.82) is 0 Å². The number of aliphatic imine (C=N–C) groups is 1.